The Morgan fingerprint density at radius 2 is 1.76 bits per heavy atom. The van der Waals surface area contributed by atoms with Gasteiger partial charge in [0.05, 0.1) is 12.1 Å². The van der Waals surface area contributed by atoms with Crippen LogP contribution in [0.25, 0.3) is 0 Å². The molecule has 0 amide bonds. The molecule has 0 heterocycles. The summed E-state index contributed by atoms with van der Waals surface area (Å²) in [6.07, 6.45) is -0.271. The van der Waals surface area contributed by atoms with Gasteiger partial charge in [0.15, 0.2) is 11.6 Å². The fourth-order valence-electron chi connectivity index (χ4n) is 1.93. The van der Waals surface area contributed by atoms with Crippen LogP contribution >= 0.6 is 0 Å². The first kappa shape index (κ1) is 14.1. The van der Waals surface area contributed by atoms with Crippen LogP contribution in [0.2, 0.25) is 0 Å². The maximum Gasteiger partial charge on any atom is 0.159 e. The number of nitrogens with two attached hydrogens (primary N) is 1. The van der Waals surface area contributed by atoms with Crippen molar-refractivity contribution in [3.63, 3.8) is 0 Å². The summed E-state index contributed by atoms with van der Waals surface area (Å²) in [5, 5.41) is 0. The molecule has 1 aromatic carbocycles. The lowest BCUT2D eigenvalue weighted by Gasteiger charge is -2.34. The second-order valence-electron chi connectivity index (χ2n) is 5.22. The molecule has 0 radical (unpaired) electrons. The maximum absolute atomic E-state index is 13.1. The summed E-state index contributed by atoms with van der Waals surface area (Å²) in [4.78, 5) is 0. The Kier molecular flexibility index (Phi) is 4.22. The van der Waals surface area contributed by atoms with Crippen LogP contribution in [-0.4, -0.2) is 13.2 Å². The van der Waals surface area contributed by atoms with Gasteiger partial charge in [0, 0.05) is 7.11 Å². The minimum absolute atomic E-state index is 0.182. The SMILES string of the molecule is COC(C(N)c1ccc(F)c(F)c1)C(C)(C)C. The van der Waals surface area contributed by atoms with Gasteiger partial charge < -0.3 is 10.5 Å². The van der Waals surface area contributed by atoms with E-state index in [-0.39, 0.29) is 11.5 Å². The molecule has 4 heteroatoms. The number of benzene rings is 1. The normalized spacial score (nSPS) is 15.7. The van der Waals surface area contributed by atoms with Crippen LogP contribution in [0.1, 0.15) is 32.4 Å². The number of ether oxygens (including phenoxy) is 1. The molecule has 0 fully saturated rings. The average molecular weight is 243 g/mol. The number of rotatable bonds is 3. The summed E-state index contributed by atoms with van der Waals surface area (Å²) in [7, 11) is 1.57. The molecule has 0 spiro atoms. The van der Waals surface area contributed by atoms with Gasteiger partial charge in [-0.05, 0) is 23.1 Å². The molecular formula is C13H19F2NO. The van der Waals surface area contributed by atoms with Crippen molar-refractivity contribution in [1.29, 1.82) is 0 Å². The van der Waals surface area contributed by atoms with Gasteiger partial charge in [-0.15, -0.1) is 0 Å². The Bertz CT molecular complexity index is 387. The zero-order chi connectivity index (χ0) is 13.2. The van der Waals surface area contributed by atoms with Crippen LogP contribution in [-0.2, 0) is 4.74 Å². The van der Waals surface area contributed by atoms with Crippen molar-refractivity contribution in [3.05, 3.63) is 35.4 Å². The number of hydrogen-bond acceptors (Lipinski definition) is 2. The second-order valence-corrected chi connectivity index (χ2v) is 5.22. The van der Waals surface area contributed by atoms with Crippen molar-refractivity contribution in [1.82, 2.24) is 0 Å². The van der Waals surface area contributed by atoms with Gasteiger partial charge in [-0.3, -0.25) is 0 Å². The second kappa shape index (κ2) is 5.10. The lowest BCUT2D eigenvalue weighted by atomic mass is 9.82. The quantitative estimate of drug-likeness (QED) is 0.885. The number of halogens is 2. The van der Waals surface area contributed by atoms with Crippen LogP contribution in [0.15, 0.2) is 18.2 Å². The highest BCUT2D eigenvalue weighted by Gasteiger charge is 2.31. The van der Waals surface area contributed by atoms with Crippen molar-refractivity contribution in [3.8, 4) is 0 Å². The zero-order valence-corrected chi connectivity index (χ0v) is 10.6. The standard InChI is InChI=1S/C13H19F2NO/c1-13(2,3)12(17-4)11(16)8-5-6-9(14)10(15)7-8/h5-7,11-12H,16H2,1-4H3. The molecule has 1 rings (SSSR count). The third kappa shape index (κ3) is 3.23. The van der Waals surface area contributed by atoms with E-state index >= 15 is 0 Å². The van der Waals surface area contributed by atoms with Crippen LogP contribution in [0.5, 0.6) is 0 Å². The third-order valence-corrected chi connectivity index (χ3v) is 2.76. The van der Waals surface area contributed by atoms with Crippen molar-refractivity contribution in [2.75, 3.05) is 7.11 Å². The van der Waals surface area contributed by atoms with E-state index in [1.165, 1.54) is 6.07 Å². The minimum Gasteiger partial charge on any atom is -0.379 e. The fourth-order valence-corrected chi connectivity index (χ4v) is 1.93. The molecule has 0 saturated carbocycles. The molecule has 2 N–H and O–H groups in total. The van der Waals surface area contributed by atoms with Crippen molar-refractivity contribution >= 4 is 0 Å². The predicted molar refractivity (Wildman–Crippen MR) is 63.5 cm³/mol. The van der Waals surface area contributed by atoms with E-state index in [1.54, 1.807) is 7.11 Å². The Labute approximate surface area is 101 Å². The molecule has 0 saturated heterocycles. The van der Waals surface area contributed by atoms with Crippen LogP contribution in [0, 0.1) is 17.0 Å². The fraction of sp³-hybridized carbons (Fsp3) is 0.538. The van der Waals surface area contributed by atoms with Crippen LogP contribution in [0.3, 0.4) is 0 Å². The Morgan fingerprint density at radius 1 is 1.18 bits per heavy atom. The summed E-state index contributed by atoms with van der Waals surface area (Å²) < 4.78 is 31.3. The molecule has 1 aromatic rings. The molecule has 0 aliphatic rings. The van der Waals surface area contributed by atoms with E-state index in [9.17, 15) is 8.78 Å². The van der Waals surface area contributed by atoms with Gasteiger partial charge in [-0.25, -0.2) is 8.78 Å². The van der Waals surface area contributed by atoms with Gasteiger partial charge in [-0.2, -0.15) is 0 Å². The van der Waals surface area contributed by atoms with Crippen molar-refractivity contribution in [2.45, 2.75) is 32.9 Å². The van der Waals surface area contributed by atoms with Crippen molar-refractivity contribution in [2.24, 2.45) is 11.1 Å². The average Bonchev–Trinajstić information content (AvgIpc) is 2.20. The summed E-state index contributed by atoms with van der Waals surface area (Å²) >= 11 is 0. The third-order valence-electron chi connectivity index (χ3n) is 2.76. The zero-order valence-electron chi connectivity index (χ0n) is 10.6. The number of hydrogen-bond donors (Lipinski definition) is 1. The Morgan fingerprint density at radius 3 is 2.18 bits per heavy atom. The lowest BCUT2D eigenvalue weighted by molar-refractivity contribution is -0.00251. The molecule has 0 aliphatic heterocycles. The minimum atomic E-state index is -0.887. The topological polar surface area (TPSA) is 35.2 Å². The molecule has 17 heavy (non-hydrogen) atoms. The Balaban J connectivity index is 3.02. The Hall–Kier alpha value is -1.00. The smallest absolute Gasteiger partial charge is 0.159 e. The number of methoxy groups -OCH3 is 1. The van der Waals surface area contributed by atoms with E-state index in [0.29, 0.717) is 5.56 Å². The van der Waals surface area contributed by atoms with Crippen molar-refractivity contribution < 1.29 is 13.5 Å². The summed E-state index contributed by atoms with van der Waals surface area (Å²) in [5.74, 6) is -1.76. The molecule has 2 unspecified atom stereocenters. The van der Waals surface area contributed by atoms with E-state index < -0.39 is 17.7 Å². The lowest BCUT2D eigenvalue weighted by Crippen LogP contribution is -2.38. The van der Waals surface area contributed by atoms with E-state index in [4.69, 9.17) is 10.5 Å². The first-order valence-corrected chi connectivity index (χ1v) is 5.50. The van der Waals surface area contributed by atoms with E-state index in [0.717, 1.165) is 12.1 Å². The molecule has 0 bridgehead atoms. The summed E-state index contributed by atoms with van der Waals surface area (Å²) in [5.41, 5.74) is 6.39. The molecule has 96 valence electrons. The molecular weight excluding hydrogens is 224 g/mol. The molecule has 0 aliphatic carbocycles. The van der Waals surface area contributed by atoms with E-state index in [2.05, 4.69) is 0 Å². The highest BCUT2D eigenvalue weighted by Crippen LogP contribution is 2.31. The molecule has 2 nitrogen and oxygen atoms in total. The highest BCUT2D eigenvalue weighted by molar-refractivity contribution is 5.22. The van der Waals surface area contributed by atoms with Gasteiger partial charge in [-0.1, -0.05) is 26.8 Å². The monoisotopic (exact) mass is 243 g/mol. The molecule has 2 atom stereocenters. The first-order chi connectivity index (χ1) is 7.77. The van der Waals surface area contributed by atoms with Gasteiger partial charge >= 0.3 is 0 Å². The largest absolute Gasteiger partial charge is 0.379 e. The van der Waals surface area contributed by atoms with Gasteiger partial charge in [0.2, 0.25) is 0 Å². The first-order valence-electron chi connectivity index (χ1n) is 5.50. The van der Waals surface area contributed by atoms with E-state index in [1.807, 2.05) is 20.8 Å². The van der Waals surface area contributed by atoms with Crippen LogP contribution in [0.4, 0.5) is 8.78 Å². The van der Waals surface area contributed by atoms with Gasteiger partial charge in [0.1, 0.15) is 0 Å². The van der Waals surface area contributed by atoms with Gasteiger partial charge in [0.25, 0.3) is 0 Å². The predicted octanol–water partition coefficient (Wildman–Crippen LogP) is 3.03. The van der Waals surface area contributed by atoms with Crippen LogP contribution < -0.4 is 5.73 Å². The maximum atomic E-state index is 13.1. The summed E-state index contributed by atoms with van der Waals surface area (Å²) in [6, 6.07) is 3.20. The molecule has 0 aromatic heterocycles. The highest BCUT2D eigenvalue weighted by atomic mass is 19.2. The summed E-state index contributed by atoms with van der Waals surface area (Å²) in [6.45, 7) is 5.96.